The van der Waals surface area contributed by atoms with Gasteiger partial charge in [0.05, 0.1) is 5.52 Å². The summed E-state index contributed by atoms with van der Waals surface area (Å²) in [5, 5.41) is 2.52. The van der Waals surface area contributed by atoms with E-state index in [9.17, 15) is 0 Å². The van der Waals surface area contributed by atoms with E-state index in [1.54, 1.807) is 0 Å². The fourth-order valence-corrected chi connectivity index (χ4v) is 3.94. The van der Waals surface area contributed by atoms with Crippen LogP contribution in [0.15, 0.2) is 66.7 Å². The van der Waals surface area contributed by atoms with E-state index in [1.807, 2.05) is 0 Å². The van der Waals surface area contributed by atoms with Gasteiger partial charge in [0.15, 0.2) is 0 Å². The summed E-state index contributed by atoms with van der Waals surface area (Å²) in [5.74, 6) is 1.05. The smallest absolute Gasteiger partial charge is 0.142 e. The lowest BCUT2D eigenvalue weighted by molar-refractivity contribution is 0.0904. The summed E-state index contributed by atoms with van der Waals surface area (Å²) >= 11 is 0. The van der Waals surface area contributed by atoms with E-state index in [0.717, 1.165) is 18.8 Å². The van der Waals surface area contributed by atoms with Crippen molar-refractivity contribution in [1.29, 1.82) is 0 Å². The topological polar surface area (TPSA) is 17.4 Å². The molecule has 1 aliphatic heterocycles. The molecule has 0 spiro atoms. The van der Waals surface area contributed by atoms with E-state index >= 15 is 0 Å². The third kappa shape index (κ3) is 2.31. The van der Waals surface area contributed by atoms with E-state index in [0.29, 0.717) is 6.73 Å². The summed E-state index contributed by atoms with van der Waals surface area (Å²) < 4.78 is 8.51. The number of aromatic nitrogens is 1. The van der Waals surface area contributed by atoms with Crippen LogP contribution in [0.1, 0.15) is 11.1 Å². The lowest BCUT2D eigenvalue weighted by atomic mass is 10.1. The summed E-state index contributed by atoms with van der Waals surface area (Å²) in [6, 6.07) is 23.6. The molecule has 0 N–H and O–H groups in total. The molecule has 25 heavy (non-hydrogen) atoms. The second kappa shape index (κ2) is 5.64. The first-order chi connectivity index (χ1) is 12.3. The minimum Gasteiger partial charge on any atom is -0.477 e. The molecule has 124 valence electrons. The van der Waals surface area contributed by atoms with Crippen LogP contribution in [0.5, 0.6) is 5.75 Å². The van der Waals surface area contributed by atoms with Crippen molar-refractivity contribution in [2.45, 2.75) is 13.1 Å². The Bertz CT molecular complexity index is 1070. The van der Waals surface area contributed by atoms with Gasteiger partial charge in [-0.15, -0.1) is 0 Å². The Labute approximate surface area is 147 Å². The van der Waals surface area contributed by atoms with Crippen molar-refractivity contribution in [2.75, 3.05) is 6.73 Å². The molecule has 0 amide bonds. The predicted molar refractivity (Wildman–Crippen MR) is 102 cm³/mol. The number of nitrogens with zero attached hydrogens (tertiary/aromatic N) is 2. The van der Waals surface area contributed by atoms with Crippen LogP contribution in [0.2, 0.25) is 0 Å². The van der Waals surface area contributed by atoms with E-state index in [-0.39, 0.29) is 0 Å². The highest BCUT2D eigenvalue weighted by molar-refractivity contribution is 6.11. The van der Waals surface area contributed by atoms with E-state index in [2.05, 4.69) is 83.2 Å². The predicted octanol–water partition coefficient (Wildman–Crippen LogP) is 4.68. The first kappa shape index (κ1) is 14.6. The normalized spacial score (nSPS) is 14.6. The molecule has 3 aromatic carbocycles. The van der Waals surface area contributed by atoms with Gasteiger partial charge < -0.3 is 9.30 Å². The summed E-state index contributed by atoms with van der Waals surface area (Å²) in [5.41, 5.74) is 5.07. The van der Waals surface area contributed by atoms with Crippen LogP contribution in [-0.2, 0) is 20.1 Å². The van der Waals surface area contributed by atoms with Crippen LogP contribution in [-0.4, -0.2) is 16.2 Å². The molecular formula is C22H20N2O. The molecule has 1 aliphatic rings. The Morgan fingerprint density at radius 1 is 0.880 bits per heavy atom. The van der Waals surface area contributed by atoms with Crippen LogP contribution in [0, 0.1) is 0 Å². The summed E-state index contributed by atoms with van der Waals surface area (Å²) in [6.45, 7) is 2.46. The van der Waals surface area contributed by atoms with Crippen molar-refractivity contribution in [2.24, 2.45) is 7.05 Å². The van der Waals surface area contributed by atoms with Crippen molar-refractivity contribution in [3.05, 3.63) is 77.9 Å². The van der Waals surface area contributed by atoms with Gasteiger partial charge in [0.1, 0.15) is 12.5 Å². The van der Waals surface area contributed by atoms with Gasteiger partial charge in [-0.3, -0.25) is 4.90 Å². The number of fused-ring (bicyclic) bond motifs is 5. The molecule has 0 unspecified atom stereocenters. The van der Waals surface area contributed by atoms with Crippen molar-refractivity contribution >= 4 is 21.8 Å². The second-order valence-electron chi connectivity index (χ2n) is 6.77. The minimum absolute atomic E-state index is 0.629. The molecule has 1 aromatic heterocycles. The molecule has 0 radical (unpaired) electrons. The number of benzene rings is 3. The quantitative estimate of drug-likeness (QED) is 0.531. The van der Waals surface area contributed by atoms with E-state index in [4.69, 9.17) is 4.74 Å². The molecule has 0 atom stereocenters. The van der Waals surface area contributed by atoms with Crippen LogP contribution < -0.4 is 4.74 Å². The highest BCUT2D eigenvalue weighted by atomic mass is 16.5. The van der Waals surface area contributed by atoms with Gasteiger partial charge in [-0.05, 0) is 17.7 Å². The largest absolute Gasteiger partial charge is 0.477 e. The van der Waals surface area contributed by atoms with Gasteiger partial charge in [0.2, 0.25) is 0 Å². The van der Waals surface area contributed by atoms with Gasteiger partial charge in [0.25, 0.3) is 0 Å². The summed E-state index contributed by atoms with van der Waals surface area (Å²) in [7, 11) is 2.13. The van der Waals surface area contributed by atoms with Gasteiger partial charge in [-0.2, -0.15) is 0 Å². The molecule has 2 heterocycles. The molecule has 0 saturated carbocycles. The van der Waals surface area contributed by atoms with Crippen LogP contribution in [0.4, 0.5) is 0 Å². The van der Waals surface area contributed by atoms with Gasteiger partial charge in [0, 0.05) is 42.0 Å². The number of ether oxygens (including phenoxy) is 1. The van der Waals surface area contributed by atoms with Crippen molar-refractivity contribution in [3.8, 4) is 5.75 Å². The Hall–Kier alpha value is -2.78. The van der Waals surface area contributed by atoms with Gasteiger partial charge >= 0.3 is 0 Å². The Morgan fingerprint density at radius 3 is 2.56 bits per heavy atom. The number of hydrogen-bond acceptors (Lipinski definition) is 2. The molecule has 0 bridgehead atoms. The number of aryl methyl sites for hydroxylation is 1. The number of hydrogen-bond donors (Lipinski definition) is 0. The third-order valence-electron chi connectivity index (χ3n) is 5.15. The maximum Gasteiger partial charge on any atom is 0.142 e. The maximum absolute atomic E-state index is 6.26. The third-order valence-corrected chi connectivity index (χ3v) is 5.15. The molecule has 3 nitrogen and oxygen atoms in total. The molecular weight excluding hydrogens is 308 g/mol. The fraction of sp³-hybridized carbons (Fsp3) is 0.182. The Balaban J connectivity index is 1.57. The van der Waals surface area contributed by atoms with Gasteiger partial charge in [-0.25, -0.2) is 0 Å². The first-order valence-corrected chi connectivity index (χ1v) is 8.69. The first-order valence-electron chi connectivity index (χ1n) is 8.69. The Kier molecular flexibility index (Phi) is 3.28. The Morgan fingerprint density at radius 2 is 1.68 bits per heavy atom. The van der Waals surface area contributed by atoms with Crippen LogP contribution in [0.3, 0.4) is 0 Å². The monoisotopic (exact) mass is 328 g/mol. The van der Waals surface area contributed by atoms with Crippen LogP contribution >= 0.6 is 0 Å². The number of para-hydroxylation sites is 1. The van der Waals surface area contributed by atoms with E-state index in [1.165, 1.54) is 32.9 Å². The van der Waals surface area contributed by atoms with Gasteiger partial charge in [-0.1, -0.05) is 54.6 Å². The van der Waals surface area contributed by atoms with Crippen molar-refractivity contribution in [3.63, 3.8) is 0 Å². The molecule has 3 heteroatoms. The zero-order chi connectivity index (χ0) is 16.8. The molecule has 0 saturated heterocycles. The lowest BCUT2D eigenvalue weighted by Gasteiger charge is -2.29. The molecule has 4 aromatic rings. The zero-order valence-corrected chi connectivity index (χ0v) is 14.3. The highest BCUT2D eigenvalue weighted by Gasteiger charge is 2.22. The van der Waals surface area contributed by atoms with Crippen molar-refractivity contribution in [1.82, 2.24) is 9.47 Å². The summed E-state index contributed by atoms with van der Waals surface area (Å²) in [4.78, 5) is 2.34. The SMILES string of the molecule is Cn1c2ccccc2c2c3c(ccc21)CN(Cc1ccccc1)CO3. The second-order valence-corrected chi connectivity index (χ2v) is 6.77. The molecule has 5 rings (SSSR count). The van der Waals surface area contributed by atoms with Crippen molar-refractivity contribution < 1.29 is 4.74 Å². The van der Waals surface area contributed by atoms with Crippen LogP contribution in [0.25, 0.3) is 21.8 Å². The summed E-state index contributed by atoms with van der Waals surface area (Å²) in [6.07, 6.45) is 0. The minimum atomic E-state index is 0.629. The number of rotatable bonds is 2. The fourth-order valence-electron chi connectivity index (χ4n) is 3.94. The highest BCUT2D eigenvalue weighted by Crippen LogP contribution is 2.39. The van der Waals surface area contributed by atoms with E-state index < -0.39 is 0 Å². The zero-order valence-electron chi connectivity index (χ0n) is 14.3. The molecule has 0 fully saturated rings. The molecule has 0 aliphatic carbocycles. The average Bonchev–Trinajstić information content (AvgIpc) is 2.96. The average molecular weight is 328 g/mol. The standard InChI is InChI=1S/C22H20N2O/c1-23-19-10-6-5-9-18(19)21-20(23)12-11-17-14-24(15-25-22(17)21)13-16-7-3-2-4-8-16/h2-12H,13-15H2,1H3. The maximum atomic E-state index is 6.26. The lowest BCUT2D eigenvalue weighted by Crippen LogP contribution is -2.31.